The third-order valence-corrected chi connectivity index (χ3v) is 13.0. The molecule has 0 radical (unpaired) electrons. The second-order valence-electron chi connectivity index (χ2n) is 16.4. The SMILES string of the molecule is c1ccc(N(c2ccc(-c3ccc4c(ccc5ccccc54)c3)cc2)c2ccccc2-n2c3ccccc3c3ccccc32)c(-c2cccc3c2oc2c4ccccc4ccc32)c1. The first-order chi connectivity index (χ1) is 31.3. The third-order valence-electron chi connectivity index (χ3n) is 13.0. The number of aromatic nitrogens is 1. The normalized spacial score (nSPS) is 11.8. The van der Waals surface area contributed by atoms with Gasteiger partial charge in [-0.3, -0.25) is 0 Å². The van der Waals surface area contributed by atoms with E-state index in [1.807, 2.05) is 0 Å². The van der Waals surface area contributed by atoms with E-state index in [2.05, 4.69) is 240 Å². The van der Waals surface area contributed by atoms with Crippen molar-refractivity contribution < 1.29 is 4.42 Å². The van der Waals surface area contributed by atoms with Gasteiger partial charge in [0.25, 0.3) is 0 Å². The first-order valence-corrected chi connectivity index (χ1v) is 21.6. The lowest BCUT2D eigenvalue weighted by Gasteiger charge is -2.30. The van der Waals surface area contributed by atoms with E-state index in [1.54, 1.807) is 0 Å². The van der Waals surface area contributed by atoms with Gasteiger partial charge in [-0.15, -0.1) is 0 Å². The summed E-state index contributed by atoms with van der Waals surface area (Å²) >= 11 is 0. The average molecular weight is 803 g/mol. The standard InChI is InChI=1S/C60H38N2O/c1-3-16-45-40(14-1)28-29-43-38-42(33-36-46(43)45)39-30-34-44(35-31-39)61(57-26-11-12-27-58(57)62-55-24-9-5-18-48(55)49-19-6-10-25-56(49)62)54-23-8-7-20-50(54)51-21-13-22-52-53-37-32-41-15-2-4-17-47(41)59(53)63-60(51)52/h1-38H. The van der Waals surface area contributed by atoms with Gasteiger partial charge < -0.3 is 13.9 Å². The van der Waals surface area contributed by atoms with Crippen LogP contribution in [0.15, 0.2) is 235 Å². The molecule has 0 aliphatic carbocycles. The van der Waals surface area contributed by atoms with Gasteiger partial charge in [0.15, 0.2) is 0 Å². The Kier molecular flexibility index (Phi) is 7.91. The maximum absolute atomic E-state index is 6.97. The van der Waals surface area contributed by atoms with Crippen molar-refractivity contribution in [2.45, 2.75) is 0 Å². The van der Waals surface area contributed by atoms with Gasteiger partial charge in [0.05, 0.1) is 28.1 Å². The van der Waals surface area contributed by atoms with Crippen LogP contribution in [-0.2, 0) is 0 Å². The second kappa shape index (κ2) is 14.1. The van der Waals surface area contributed by atoms with Crippen molar-refractivity contribution in [2.24, 2.45) is 0 Å². The fourth-order valence-electron chi connectivity index (χ4n) is 10.1. The van der Waals surface area contributed by atoms with Gasteiger partial charge >= 0.3 is 0 Å². The maximum atomic E-state index is 6.97. The zero-order chi connectivity index (χ0) is 41.4. The molecule has 0 bridgehead atoms. The molecule has 0 saturated carbocycles. The van der Waals surface area contributed by atoms with E-state index in [4.69, 9.17) is 4.42 Å². The van der Waals surface area contributed by atoms with Gasteiger partial charge in [-0.2, -0.15) is 0 Å². The molecule has 3 heteroatoms. The highest BCUT2D eigenvalue weighted by Crippen LogP contribution is 2.47. The minimum absolute atomic E-state index is 0.881. The van der Waals surface area contributed by atoms with E-state index >= 15 is 0 Å². The van der Waals surface area contributed by atoms with Crippen molar-refractivity contribution in [3.05, 3.63) is 231 Å². The minimum atomic E-state index is 0.881. The predicted molar refractivity (Wildman–Crippen MR) is 266 cm³/mol. The van der Waals surface area contributed by atoms with Crippen LogP contribution in [0.3, 0.4) is 0 Å². The molecule has 13 aromatic rings. The van der Waals surface area contributed by atoms with Crippen LogP contribution < -0.4 is 4.90 Å². The highest BCUT2D eigenvalue weighted by Gasteiger charge is 2.24. The molecule has 0 saturated heterocycles. The Hall–Kier alpha value is -8.40. The molecule has 2 aromatic heterocycles. The van der Waals surface area contributed by atoms with Crippen LogP contribution in [0.4, 0.5) is 17.1 Å². The van der Waals surface area contributed by atoms with E-state index in [0.29, 0.717) is 0 Å². The Morgan fingerprint density at radius 1 is 0.317 bits per heavy atom. The first kappa shape index (κ1) is 35.4. The number of furan rings is 1. The van der Waals surface area contributed by atoms with Crippen LogP contribution in [-0.4, -0.2) is 4.57 Å². The largest absolute Gasteiger partial charge is 0.455 e. The predicted octanol–water partition coefficient (Wildman–Crippen LogP) is 16.9. The molecule has 0 atom stereocenters. The van der Waals surface area contributed by atoms with E-state index < -0.39 is 0 Å². The summed E-state index contributed by atoms with van der Waals surface area (Å²) in [5.41, 5.74) is 12.8. The first-order valence-electron chi connectivity index (χ1n) is 21.6. The van der Waals surface area contributed by atoms with Crippen LogP contribution >= 0.6 is 0 Å². The average Bonchev–Trinajstić information content (AvgIpc) is 3.91. The van der Waals surface area contributed by atoms with E-state index in [0.717, 1.165) is 77.8 Å². The number of hydrogen-bond donors (Lipinski definition) is 0. The number of anilines is 3. The number of para-hydroxylation sites is 6. The van der Waals surface area contributed by atoms with E-state index in [1.165, 1.54) is 43.3 Å². The van der Waals surface area contributed by atoms with E-state index in [9.17, 15) is 0 Å². The molecule has 0 spiro atoms. The van der Waals surface area contributed by atoms with Gasteiger partial charge in [-0.1, -0.05) is 176 Å². The lowest BCUT2D eigenvalue weighted by atomic mass is 9.97. The summed E-state index contributed by atoms with van der Waals surface area (Å²) in [6.45, 7) is 0. The highest BCUT2D eigenvalue weighted by molar-refractivity contribution is 6.18. The molecular formula is C60H38N2O. The van der Waals surface area contributed by atoms with Crippen molar-refractivity contribution in [1.29, 1.82) is 0 Å². The molecule has 0 unspecified atom stereocenters. The van der Waals surface area contributed by atoms with Gasteiger partial charge in [0.2, 0.25) is 0 Å². The highest BCUT2D eigenvalue weighted by atomic mass is 16.3. The number of hydrogen-bond acceptors (Lipinski definition) is 2. The molecule has 0 aliphatic heterocycles. The van der Waals surface area contributed by atoms with Crippen LogP contribution in [0.25, 0.3) is 104 Å². The zero-order valence-electron chi connectivity index (χ0n) is 34.2. The minimum Gasteiger partial charge on any atom is -0.455 e. The lowest BCUT2D eigenvalue weighted by Crippen LogP contribution is -2.14. The van der Waals surface area contributed by atoms with Crippen molar-refractivity contribution in [3.63, 3.8) is 0 Å². The molecule has 13 rings (SSSR count). The fraction of sp³-hybridized carbons (Fsp3) is 0. The molecular weight excluding hydrogens is 765 g/mol. The topological polar surface area (TPSA) is 21.3 Å². The van der Waals surface area contributed by atoms with Gasteiger partial charge in [0.1, 0.15) is 11.2 Å². The maximum Gasteiger partial charge on any atom is 0.143 e. The van der Waals surface area contributed by atoms with Crippen molar-refractivity contribution in [2.75, 3.05) is 4.90 Å². The van der Waals surface area contributed by atoms with Crippen LogP contribution in [0.1, 0.15) is 0 Å². The second-order valence-corrected chi connectivity index (χ2v) is 16.4. The molecule has 0 amide bonds. The third kappa shape index (κ3) is 5.53. The van der Waals surface area contributed by atoms with Gasteiger partial charge in [-0.25, -0.2) is 0 Å². The Bertz CT molecular complexity index is 3870. The van der Waals surface area contributed by atoms with Crippen molar-refractivity contribution in [3.8, 4) is 27.9 Å². The van der Waals surface area contributed by atoms with Gasteiger partial charge in [-0.05, 0) is 92.7 Å². The summed E-state index contributed by atoms with van der Waals surface area (Å²) in [5.74, 6) is 0. The quantitative estimate of drug-likeness (QED) is 0.156. The summed E-state index contributed by atoms with van der Waals surface area (Å²) in [5, 5.41) is 12.0. The van der Waals surface area contributed by atoms with Crippen LogP contribution in [0, 0.1) is 0 Å². The zero-order valence-corrected chi connectivity index (χ0v) is 34.2. The molecule has 294 valence electrons. The summed E-state index contributed by atoms with van der Waals surface area (Å²) in [6, 6.07) is 83.5. The van der Waals surface area contributed by atoms with Crippen molar-refractivity contribution >= 4 is 93.1 Å². The summed E-state index contributed by atoms with van der Waals surface area (Å²) in [4.78, 5) is 2.43. The molecule has 3 nitrogen and oxygen atoms in total. The summed E-state index contributed by atoms with van der Waals surface area (Å²) in [7, 11) is 0. The van der Waals surface area contributed by atoms with E-state index in [-0.39, 0.29) is 0 Å². The fourth-order valence-corrected chi connectivity index (χ4v) is 10.1. The Morgan fingerprint density at radius 3 is 1.63 bits per heavy atom. The molecule has 63 heavy (non-hydrogen) atoms. The Labute approximate surface area is 363 Å². The lowest BCUT2D eigenvalue weighted by molar-refractivity contribution is 0.674. The molecule has 11 aromatic carbocycles. The number of benzene rings is 11. The van der Waals surface area contributed by atoms with Crippen molar-refractivity contribution in [1.82, 2.24) is 4.57 Å². The van der Waals surface area contributed by atoms with Crippen LogP contribution in [0.2, 0.25) is 0 Å². The monoisotopic (exact) mass is 802 g/mol. The number of rotatable bonds is 6. The number of nitrogens with zero attached hydrogens (tertiary/aromatic N) is 2. The van der Waals surface area contributed by atoms with Gasteiger partial charge in [0, 0.05) is 43.7 Å². The molecule has 0 N–H and O–H groups in total. The molecule has 2 heterocycles. The summed E-state index contributed by atoms with van der Waals surface area (Å²) < 4.78 is 9.40. The molecule has 0 aliphatic rings. The Balaban J connectivity index is 1.03. The number of fused-ring (bicyclic) bond motifs is 11. The summed E-state index contributed by atoms with van der Waals surface area (Å²) in [6.07, 6.45) is 0. The smallest absolute Gasteiger partial charge is 0.143 e. The Morgan fingerprint density at radius 2 is 0.841 bits per heavy atom. The van der Waals surface area contributed by atoms with Crippen LogP contribution in [0.5, 0.6) is 0 Å². The molecule has 0 fully saturated rings.